The number of hydrogen-bond donors (Lipinski definition) is 1. The average molecular weight is 227 g/mol. The molecule has 4 heteroatoms. The number of rotatable bonds is 1. The summed E-state index contributed by atoms with van der Waals surface area (Å²) in [7, 11) is 0. The van der Waals surface area contributed by atoms with Crippen LogP contribution in [0.4, 0.5) is 0 Å². The minimum atomic E-state index is -0.598. The van der Waals surface area contributed by atoms with Crippen molar-refractivity contribution in [2.45, 2.75) is 44.8 Å². The van der Waals surface area contributed by atoms with Crippen LogP contribution >= 0.6 is 0 Å². The molecule has 1 N–H and O–H groups in total. The van der Waals surface area contributed by atoms with Crippen LogP contribution in [0.1, 0.15) is 33.1 Å². The van der Waals surface area contributed by atoms with E-state index in [0.717, 1.165) is 6.42 Å². The van der Waals surface area contributed by atoms with Gasteiger partial charge in [0, 0.05) is 19.7 Å². The summed E-state index contributed by atoms with van der Waals surface area (Å²) < 4.78 is 5.48. The van der Waals surface area contributed by atoms with Crippen LogP contribution in [0.5, 0.6) is 0 Å². The summed E-state index contributed by atoms with van der Waals surface area (Å²) >= 11 is 0. The van der Waals surface area contributed by atoms with E-state index in [1.54, 1.807) is 0 Å². The van der Waals surface area contributed by atoms with Gasteiger partial charge in [-0.25, -0.2) is 0 Å². The van der Waals surface area contributed by atoms with Crippen LogP contribution in [0, 0.1) is 5.92 Å². The van der Waals surface area contributed by atoms with Crippen molar-refractivity contribution in [2.75, 3.05) is 19.7 Å². The molecule has 0 radical (unpaired) electrons. The fraction of sp³-hybridized carbons (Fsp3) is 0.917. The number of amides is 1. The standard InChI is InChI=1S/C12H21NO3/c1-9-3-8-16-10(9)11(14)13-6-4-12(2,15)5-7-13/h9-10,15H,3-8H2,1-2H3. The van der Waals surface area contributed by atoms with Gasteiger partial charge in [0.25, 0.3) is 5.91 Å². The molecule has 2 heterocycles. The van der Waals surface area contributed by atoms with Crippen molar-refractivity contribution in [1.82, 2.24) is 4.90 Å². The number of aliphatic hydroxyl groups is 1. The van der Waals surface area contributed by atoms with E-state index in [1.165, 1.54) is 0 Å². The highest BCUT2D eigenvalue weighted by Crippen LogP contribution is 2.26. The molecule has 2 unspecified atom stereocenters. The predicted octanol–water partition coefficient (Wildman–Crippen LogP) is 0.785. The number of carbonyl (C=O) groups is 1. The maximum Gasteiger partial charge on any atom is 0.251 e. The average Bonchev–Trinajstić information content (AvgIpc) is 2.63. The number of hydrogen-bond acceptors (Lipinski definition) is 3. The van der Waals surface area contributed by atoms with Crippen molar-refractivity contribution >= 4 is 5.91 Å². The minimum absolute atomic E-state index is 0.112. The van der Waals surface area contributed by atoms with Gasteiger partial charge in [-0.15, -0.1) is 0 Å². The summed E-state index contributed by atoms with van der Waals surface area (Å²) in [4.78, 5) is 14.0. The first kappa shape index (κ1) is 11.9. The smallest absolute Gasteiger partial charge is 0.251 e. The molecule has 2 aliphatic rings. The maximum absolute atomic E-state index is 12.1. The quantitative estimate of drug-likeness (QED) is 0.720. The Morgan fingerprint density at radius 2 is 2.06 bits per heavy atom. The minimum Gasteiger partial charge on any atom is -0.390 e. The van der Waals surface area contributed by atoms with Gasteiger partial charge in [0.15, 0.2) is 0 Å². The normalized spacial score (nSPS) is 34.1. The Morgan fingerprint density at radius 1 is 1.44 bits per heavy atom. The molecule has 2 saturated heterocycles. The number of ether oxygens (including phenoxy) is 1. The van der Waals surface area contributed by atoms with Crippen molar-refractivity contribution in [1.29, 1.82) is 0 Å². The monoisotopic (exact) mass is 227 g/mol. The Balaban J connectivity index is 1.91. The molecule has 2 rings (SSSR count). The predicted molar refractivity (Wildman–Crippen MR) is 60.0 cm³/mol. The van der Waals surface area contributed by atoms with Crippen molar-refractivity contribution in [3.8, 4) is 0 Å². The molecule has 2 aliphatic heterocycles. The third kappa shape index (κ3) is 2.38. The van der Waals surface area contributed by atoms with Crippen LogP contribution in [0.15, 0.2) is 0 Å². The van der Waals surface area contributed by atoms with Gasteiger partial charge in [0.05, 0.1) is 5.60 Å². The lowest BCUT2D eigenvalue weighted by Gasteiger charge is -2.37. The molecule has 0 spiro atoms. The summed E-state index contributed by atoms with van der Waals surface area (Å²) in [6, 6.07) is 0. The van der Waals surface area contributed by atoms with Gasteiger partial charge in [-0.1, -0.05) is 6.92 Å². The Bertz CT molecular complexity index is 267. The summed E-state index contributed by atoms with van der Waals surface area (Å²) in [5, 5.41) is 9.82. The first-order valence-electron chi connectivity index (χ1n) is 6.12. The third-order valence-corrected chi connectivity index (χ3v) is 3.78. The van der Waals surface area contributed by atoms with Gasteiger partial charge in [-0.2, -0.15) is 0 Å². The van der Waals surface area contributed by atoms with Gasteiger partial charge in [0.1, 0.15) is 6.10 Å². The SMILES string of the molecule is CC1CCOC1C(=O)N1CCC(C)(O)CC1. The van der Waals surface area contributed by atoms with Gasteiger partial charge < -0.3 is 14.7 Å². The summed E-state index contributed by atoms with van der Waals surface area (Å²) in [6.07, 6.45) is 2.06. The Morgan fingerprint density at radius 3 is 2.56 bits per heavy atom. The largest absolute Gasteiger partial charge is 0.390 e. The molecule has 4 nitrogen and oxygen atoms in total. The van der Waals surface area contributed by atoms with Crippen molar-refractivity contribution in [2.24, 2.45) is 5.92 Å². The lowest BCUT2D eigenvalue weighted by molar-refractivity contribution is -0.146. The summed E-state index contributed by atoms with van der Waals surface area (Å²) in [6.45, 7) is 5.90. The molecule has 0 aromatic heterocycles. The first-order chi connectivity index (χ1) is 7.49. The molecule has 0 aromatic carbocycles. The first-order valence-corrected chi connectivity index (χ1v) is 6.12. The van der Waals surface area contributed by atoms with Gasteiger partial charge in [0.2, 0.25) is 0 Å². The fourth-order valence-electron chi connectivity index (χ4n) is 2.40. The van der Waals surface area contributed by atoms with E-state index < -0.39 is 5.60 Å². The zero-order valence-electron chi connectivity index (χ0n) is 10.1. The Kier molecular flexibility index (Phi) is 3.22. The second-order valence-corrected chi connectivity index (χ2v) is 5.38. The molecule has 2 atom stereocenters. The fourth-order valence-corrected chi connectivity index (χ4v) is 2.40. The topological polar surface area (TPSA) is 49.8 Å². The second-order valence-electron chi connectivity index (χ2n) is 5.38. The maximum atomic E-state index is 12.1. The highest BCUT2D eigenvalue weighted by Gasteiger charge is 2.37. The van der Waals surface area contributed by atoms with E-state index in [9.17, 15) is 9.90 Å². The molecule has 2 fully saturated rings. The van der Waals surface area contributed by atoms with Gasteiger partial charge in [-0.05, 0) is 32.1 Å². The Labute approximate surface area is 96.6 Å². The zero-order chi connectivity index (χ0) is 11.8. The molecular weight excluding hydrogens is 206 g/mol. The van der Waals surface area contributed by atoms with Crippen LogP contribution in [0.3, 0.4) is 0 Å². The molecule has 1 amide bonds. The van der Waals surface area contributed by atoms with E-state index in [-0.39, 0.29) is 12.0 Å². The molecule has 0 saturated carbocycles. The van der Waals surface area contributed by atoms with Crippen LogP contribution < -0.4 is 0 Å². The van der Waals surface area contributed by atoms with Crippen LogP contribution in [0.2, 0.25) is 0 Å². The lowest BCUT2D eigenvalue weighted by atomic mass is 9.93. The zero-order valence-corrected chi connectivity index (χ0v) is 10.1. The summed E-state index contributed by atoms with van der Waals surface area (Å²) in [5.74, 6) is 0.440. The van der Waals surface area contributed by atoms with Crippen LogP contribution in [0.25, 0.3) is 0 Å². The number of piperidine rings is 1. The summed E-state index contributed by atoms with van der Waals surface area (Å²) in [5.41, 5.74) is -0.598. The van der Waals surface area contributed by atoms with Gasteiger partial charge >= 0.3 is 0 Å². The number of carbonyl (C=O) groups excluding carboxylic acids is 1. The van der Waals surface area contributed by atoms with E-state index in [2.05, 4.69) is 6.92 Å². The molecule has 16 heavy (non-hydrogen) atoms. The molecular formula is C12H21NO3. The molecule has 92 valence electrons. The number of likely N-dealkylation sites (tertiary alicyclic amines) is 1. The van der Waals surface area contributed by atoms with Gasteiger partial charge in [-0.3, -0.25) is 4.79 Å². The number of nitrogens with zero attached hydrogens (tertiary/aromatic N) is 1. The van der Waals surface area contributed by atoms with E-state index in [1.807, 2.05) is 11.8 Å². The van der Waals surface area contributed by atoms with E-state index in [0.29, 0.717) is 38.5 Å². The molecule has 0 aromatic rings. The molecule has 0 bridgehead atoms. The lowest BCUT2D eigenvalue weighted by Crippen LogP contribution is -2.49. The van der Waals surface area contributed by atoms with Crippen molar-refractivity contribution < 1.29 is 14.6 Å². The Hall–Kier alpha value is -0.610. The highest BCUT2D eigenvalue weighted by molar-refractivity contribution is 5.81. The highest BCUT2D eigenvalue weighted by atomic mass is 16.5. The van der Waals surface area contributed by atoms with Crippen molar-refractivity contribution in [3.05, 3.63) is 0 Å². The van der Waals surface area contributed by atoms with Crippen LogP contribution in [-0.4, -0.2) is 47.3 Å². The van der Waals surface area contributed by atoms with Crippen molar-refractivity contribution in [3.63, 3.8) is 0 Å². The second kappa shape index (κ2) is 4.34. The van der Waals surface area contributed by atoms with E-state index in [4.69, 9.17) is 4.74 Å². The van der Waals surface area contributed by atoms with E-state index >= 15 is 0 Å². The van der Waals surface area contributed by atoms with Crippen LogP contribution in [-0.2, 0) is 9.53 Å². The molecule has 0 aliphatic carbocycles. The third-order valence-electron chi connectivity index (χ3n) is 3.78.